The van der Waals surface area contributed by atoms with Gasteiger partial charge < -0.3 is 29.9 Å². The van der Waals surface area contributed by atoms with E-state index in [9.17, 15) is 29.7 Å². The van der Waals surface area contributed by atoms with Crippen molar-refractivity contribution in [3.05, 3.63) is 61.7 Å². The van der Waals surface area contributed by atoms with Crippen LogP contribution in [0.15, 0.2) is 16.9 Å². The Balaban J connectivity index is 1.43. The van der Waals surface area contributed by atoms with E-state index in [-0.39, 0.29) is 37.3 Å². The third-order valence-corrected chi connectivity index (χ3v) is 9.73. The van der Waals surface area contributed by atoms with E-state index >= 15 is 4.39 Å². The Kier molecular flexibility index (Phi) is 5.55. The Morgan fingerprint density at radius 2 is 2.02 bits per heavy atom. The number of aliphatic hydroxyl groups excluding tert-OH is 2. The minimum atomic E-state index is -1.98. The van der Waals surface area contributed by atoms with Gasteiger partial charge in [-0.15, -0.1) is 0 Å². The lowest BCUT2D eigenvalue weighted by Crippen LogP contribution is -2.44. The summed E-state index contributed by atoms with van der Waals surface area (Å²) in [5.41, 5.74) is 0.983. The molecular formula is C30H30FN3O7. The van der Waals surface area contributed by atoms with Crippen molar-refractivity contribution in [3.63, 3.8) is 0 Å². The van der Waals surface area contributed by atoms with E-state index in [0.29, 0.717) is 64.7 Å². The van der Waals surface area contributed by atoms with E-state index in [2.05, 4.69) is 5.32 Å². The largest absolute Gasteiger partial charge is 0.458 e. The van der Waals surface area contributed by atoms with E-state index in [1.807, 2.05) is 0 Å². The average molecular weight is 564 g/mol. The number of rotatable bonds is 5. The first kappa shape index (κ1) is 26.2. The summed E-state index contributed by atoms with van der Waals surface area (Å²) >= 11 is 0. The number of cyclic esters (lactones) is 1. The number of pyridine rings is 2. The zero-order chi connectivity index (χ0) is 29.0. The molecule has 7 rings (SSSR count). The summed E-state index contributed by atoms with van der Waals surface area (Å²) in [7, 11) is 0. The van der Waals surface area contributed by atoms with Crippen molar-refractivity contribution in [1.29, 1.82) is 0 Å². The van der Waals surface area contributed by atoms with Gasteiger partial charge in [-0.1, -0.05) is 6.92 Å². The molecular weight excluding hydrogens is 533 g/mol. The molecule has 0 saturated heterocycles. The summed E-state index contributed by atoms with van der Waals surface area (Å²) in [6, 6.07) is 2.39. The van der Waals surface area contributed by atoms with Gasteiger partial charge in [0.05, 0.1) is 41.7 Å². The van der Waals surface area contributed by atoms with Crippen LogP contribution in [0.4, 0.5) is 4.39 Å². The first-order valence-electron chi connectivity index (χ1n) is 14.0. The highest BCUT2D eigenvalue weighted by Crippen LogP contribution is 2.49. The summed E-state index contributed by atoms with van der Waals surface area (Å²) in [4.78, 5) is 44.3. The van der Waals surface area contributed by atoms with Crippen LogP contribution in [-0.4, -0.2) is 49.5 Å². The minimum Gasteiger partial charge on any atom is -0.458 e. The second-order valence-corrected chi connectivity index (χ2v) is 11.8. The van der Waals surface area contributed by atoms with Crippen LogP contribution in [0.25, 0.3) is 22.3 Å². The molecule has 1 amide bonds. The molecule has 0 bridgehead atoms. The van der Waals surface area contributed by atoms with Gasteiger partial charge >= 0.3 is 5.97 Å². The zero-order valence-corrected chi connectivity index (χ0v) is 22.7. The summed E-state index contributed by atoms with van der Waals surface area (Å²) in [5.74, 6) is -1.82. The van der Waals surface area contributed by atoms with Gasteiger partial charge in [-0.05, 0) is 61.8 Å². The molecule has 4 heterocycles. The van der Waals surface area contributed by atoms with Crippen molar-refractivity contribution < 1.29 is 34.0 Å². The van der Waals surface area contributed by atoms with Crippen LogP contribution in [0.3, 0.4) is 0 Å². The number of aliphatic hydroxyl groups is 3. The molecule has 214 valence electrons. The van der Waals surface area contributed by atoms with Crippen LogP contribution in [0, 0.1) is 18.2 Å². The number of hydrogen-bond acceptors (Lipinski definition) is 8. The van der Waals surface area contributed by atoms with E-state index < -0.39 is 46.4 Å². The molecule has 4 aliphatic rings. The molecule has 0 radical (unpaired) electrons. The molecule has 3 atom stereocenters. The number of carbonyl (C=O) groups excluding carboxylic acids is 2. The van der Waals surface area contributed by atoms with Crippen LogP contribution in [0.1, 0.15) is 72.0 Å². The van der Waals surface area contributed by atoms with E-state index in [1.165, 1.54) is 10.6 Å². The predicted octanol–water partition coefficient (Wildman–Crippen LogP) is 1.76. The topological polar surface area (TPSA) is 151 Å². The molecule has 1 saturated carbocycles. The van der Waals surface area contributed by atoms with Gasteiger partial charge in [0, 0.05) is 28.0 Å². The lowest BCUT2D eigenvalue weighted by atomic mass is 9.81. The van der Waals surface area contributed by atoms with Crippen LogP contribution < -0.4 is 10.9 Å². The summed E-state index contributed by atoms with van der Waals surface area (Å²) in [5, 5.41) is 35.4. The number of ether oxygens (including phenoxy) is 1. The number of esters is 1. The van der Waals surface area contributed by atoms with E-state index in [1.54, 1.807) is 19.9 Å². The molecule has 1 fully saturated rings. The Morgan fingerprint density at radius 1 is 1.27 bits per heavy atom. The maximum Gasteiger partial charge on any atom is 0.343 e. The molecule has 41 heavy (non-hydrogen) atoms. The first-order valence-corrected chi connectivity index (χ1v) is 14.0. The van der Waals surface area contributed by atoms with Crippen molar-refractivity contribution >= 4 is 22.8 Å². The highest BCUT2D eigenvalue weighted by Gasteiger charge is 2.52. The minimum absolute atomic E-state index is 0.00456. The number of benzene rings is 1. The quantitative estimate of drug-likeness (QED) is 0.268. The second kappa shape index (κ2) is 8.67. The summed E-state index contributed by atoms with van der Waals surface area (Å²) in [6.07, 6.45) is 0.655. The zero-order valence-electron chi connectivity index (χ0n) is 22.7. The number of nitrogens with one attached hydrogen (secondary N) is 1. The number of amides is 1. The van der Waals surface area contributed by atoms with Crippen LogP contribution in [-0.2, 0) is 39.5 Å². The number of hydrogen-bond donors (Lipinski definition) is 4. The Labute approximate surface area is 233 Å². The van der Waals surface area contributed by atoms with Crippen LogP contribution >= 0.6 is 0 Å². The molecule has 11 heteroatoms. The van der Waals surface area contributed by atoms with Crippen molar-refractivity contribution in [2.24, 2.45) is 5.41 Å². The van der Waals surface area contributed by atoms with Crippen molar-refractivity contribution in [1.82, 2.24) is 14.9 Å². The lowest BCUT2D eigenvalue weighted by Gasteiger charge is -2.31. The van der Waals surface area contributed by atoms with Crippen molar-refractivity contribution in [3.8, 4) is 11.4 Å². The highest BCUT2D eigenvalue weighted by molar-refractivity contribution is 5.94. The number of nitrogens with zero attached hydrogens (tertiary/aromatic N) is 2. The molecule has 1 aromatic carbocycles. The van der Waals surface area contributed by atoms with E-state index in [0.717, 1.165) is 5.56 Å². The molecule has 3 aromatic rings. The van der Waals surface area contributed by atoms with Gasteiger partial charge in [0.25, 0.3) is 5.56 Å². The molecule has 0 spiro atoms. The molecule has 4 N–H and O–H groups in total. The number of aromatic nitrogens is 2. The van der Waals surface area contributed by atoms with Gasteiger partial charge in [0.1, 0.15) is 18.5 Å². The number of aryl methyl sites for hydroxylation is 1. The third-order valence-electron chi connectivity index (χ3n) is 9.73. The molecule has 2 aliphatic carbocycles. The van der Waals surface area contributed by atoms with Gasteiger partial charge in [-0.3, -0.25) is 9.59 Å². The van der Waals surface area contributed by atoms with Crippen molar-refractivity contribution in [2.45, 2.75) is 76.9 Å². The fourth-order valence-corrected chi connectivity index (χ4v) is 6.91. The third kappa shape index (κ3) is 3.45. The van der Waals surface area contributed by atoms with Crippen LogP contribution in [0.2, 0.25) is 0 Å². The second-order valence-electron chi connectivity index (χ2n) is 11.8. The van der Waals surface area contributed by atoms with Gasteiger partial charge in [0.2, 0.25) is 5.91 Å². The van der Waals surface area contributed by atoms with Gasteiger partial charge in [-0.25, -0.2) is 14.2 Å². The predicted molar refractivity (Wildman–Crippen MR) is 143 cm³/mol. The smallest absolute Gasteiger partial charge is 0.343 e. The highest BCUT2D eigenvalue weighted by atomic mass is 19.1. The standard InChI is InChI=1S/C30H30FN3O7/c1-3-30(40)17-8-21-24-15(10-34(21)27(38)16(17)11-41-28(30)39)23-19(33-26(37)25(36)29(12-35)6-7-29)5-4-14-13(2)18(31)9-20(32-24)22(14)23/h8-9,19,25,35-36,40H,3-7,10-12H2,1-2H3,(H,33,37)/t19-,25?,30-/m0/s1. The molecule has 2 aliphatic heterocycles. The average Bonchev–Trinajstić information content (AvgIpc) is 3.68. The maximum atomic E-state index is 15.1. The lowest BCUT2D eigenvalue weighted by molar-refractivity contribution is -0.172. The van der Waals surface area contributed by atoms with Gasteiger partial charge in [0.15, 0.2) is 5.60 Å². The number of carbonyl (C=O) groups is 2. The fourth-order valence-electron chi connectivity index (χ4n) is 6.91. The molecule has 1 unspecified atom stereocenters. The number of halogens is 1. The van der Waals surface area contributed by atoms with E-state index in [4.69, 9.17) is 9.72 Å². The summed E-state index contributed by atoms with van der Waals surface area (Å²) < 4.78 is 21.7. The SMILES string of the molecule is CC[C@@]1(O)C(=O)OCc2c1cc1n(c2=O)Cc2c-1nc1cc(F)c(C)c3c1c2[C@@H](NC(=O)C(O)C1(CO)CC1)CC3. The normalized spacial score (nSPS) is 23.9. The monoisotopic (exact) mass is 563 g/mol. The summed E-state index contributed by atoms with van der Waals surface area (Å²) in [6.45, 7) is 2.91. The van der Waals surface area contributed by atoms with Crippen LogP contribution in [0.5, 0.6) is 0 Å². The van der Waals surface area contributed by atoms with Crippen molar-refractivity contribution in [2.75, 3.05) is 6.61 Å². The number of fused-ring (bicyclic) bond motifs is 5. The molecule has 10 nitrogen and oxygen atoms in total. The maximum absolute atomic E-state index is 15.1. The first-order chi connectivity index (χ1) is 19.5. The Morgan fingerprint density at radius 3 is 2.71 bits per heavy atom. The Bertz CT molecular complexity index is 1760. The fraction of sp³-hybridized carbons (Fsp3) is 0.467. The van der Waals surface area contributed by atoms with Gasteiger partial charge in [-0.2, -0.15) is 0 Å². The molecule has 2 aromatic heterocycles. The Hall–Kier alpha value is -3.67.